The van der Waals surface area contributed by atoms with E-state index in [1.165, 1.54) is 24.2 Å². The molecule has 1 aliphatic carbocycles. The first-order valence-corrected chi connectivity index (χ1v) is 8.49. The Bertz CT molecular complexity index is 416. The molecule has 112 valence electrons. The highest BCUT2D eigenvalue weighted by Crippen LogP contribution is 2.42. The summed E-state index contributed by atoms with van der Waals surface area (Å²) in [6.45, 7) is 8.07. The summed E-state index contributed by atoms with van der Waals surface area (Å²) in [4.78, 5) is 1.34. The maximum atomic E-state index is 5.23. The quantitative estimate of drug-likeness (QED) is 0.872. The van der Waals surface area contributed by atoms with Crippen molar-refractivity contribution in [2.45, 2.75) is 56.2 Å². The second-order valence-electron chi connectivity index (χ2n) is 6.25. The zero-order chi connectivity index (χ0) is 14.6. The molecule has 3 heteroatoms. The Morgan fingerprint density at radius 3 is 2.60 bits per heavy atom. The monoisotopic (exact) mass is 293 g/mol. The largest absolute Gasteiger partial charge is 0.497 e. The molecule has 0 saturated heterocycles. The number of thioether (sulfide) groups is 1. The lowest BCUT2D eigenvalue weighted by atomic mass is 9.73. The van der Waals surface area contributed by atoms with Gasteiger partial charge in [-0.3, -0.25) is 0 Å². The molecule has 0 heterocycles. The standard InChI is InChI=1S/C17H27NOS/c1-5-18-16-15(7-6-12-17(16,2)3)20-14-10-8-13(19-4)9-11-14/h8-11,15-16,18H,5-7,12H2,1-4H3. The molecule has 0 aromatic heterocycles. The first-order valence-electron chi connectivity index (χ1n) is 7.61. The molecule has 1 saturated carbocycles. The molecule has 1 N–H and O–H groups in total. The molecular weight excluding hydrogens is 266 g/mol. The van der Waals surface area contributed by atoms with E-state index in [-0.39, 0.29) is 0 Å². The number of methoxy groups -OCH3 is 1. The molecule has 0 amide bonds. The molecule has 2 nitrogen and oxygen atoms in total. The Morgan fingerprint density at radius 1 is 1.30 bits per heavy atom. The summed E-state index contributed by atoms with van der Waals surface area (Å²) in [6, 6.07) is 9.05. The van der Waals surface area contributed by atoms with Crippen LogP contribution in [0.3, 0.4) is 0 Å². The topological polar surface area (TPSA) is 21.3 Å². The van der Waals surface area contributed by atoms with Gasteiger partial charge in [-0.1, -0.05) is 27.2 Å². The van der Waals surface area contributed by atoms with Crippen LogP contribution in [0.5, 0.6) is 5.75 Å². The van der Waals surface area contributed by atoms with Gasteiger partial charge in [-0.15, -0.1) is 11.8 Å². The van der Waals surface area contributed by atoms with Gasteiger partial charge in [0.25, 0.3) is 0 Å². The first-order chi connectivity index (χ1) is 9.56. The molecule has 2 atom stereocenters. The fraction of sp³-hybridized carbons (Fsp3) is 0.647. The van der Waals surface area contributed by atoms with Gasteiger partial charge in [0.05, 0.1) is 7.11 Å². The van der Waals surface area contributed by atoms with E-state index in [9.17, 15) is 0 Å². The Balaban J connectivity index is 2.08. The van der Waals surface area contributed by atoms with Crippen LogP contribution in [0.1, 0.15) is 40.0 Å². The second kappa shape index (κ2) is 6.86. The van der Waals surface area contributed by atoms with Crippen LogP contribution in [0.15, 0.2) is 29.2 Å². The molecule has 2 rings (SSSR count). The zero-order valence-electron chi connectivity index (χ0n) is 13.1. The van der Waals surface area contributed by atoms with Crippen molar-refractivity contribution in [2.75, 3.05) is 13.7 Å². The van der Waals surface area contributed by atoms with Gasteiger partial charge in [0.1, 0.15) is 5.75 Å². The summed E-state index contributed by atoms with van der Waals surface area (Å²) < 4.78 is 5.23. The molecule has 0 aliphatic heterocycles. The van der Waals surface area contributed by atoms with E-state index in [0.29, 0.717) is 16.7 Å². The van der Waals surface area contributed by atoms with Crippen molar-refractivity contribution < 1.29 is 4.74 Å². The minimum Gasteiger partial charge on any atom is -0.497 e. The van der Waals surface area contributed by atoms with Crippen molar-refractivity contribution in [3.63, 3.8) is 0 Å². The Kier molecular flexibility index (Phi) is 5.39. The molecule has 1 fully saturated rings. The minimum atomic E-state index is 0.387. The van der Waals surface area contributed by atoms with Crippen LogP contribution in [0.25, 0.3) is 0 Å². The average molecular weight is 293 g/mol. The lowest BCUT2D eigenvalue weighted by Gasteiger charge is -2.44. The van der Waals surface area contributed by atoms with E-state index in [1.807, 2.05) is 11.8 Å². The summed E-state index contributed by atoms with van der Waals surface area (Å²) in [5, 5.41) is 4.38. The number of rotatable bonds is 5. The number of nitrogens with one attached hydrogen (secondary N) is 1. The van der Waals surface area contributed by atoms with Crippen molar-refractivity contribution in [2.24, 2.45) is 5.41 Å². The van der Waals surface area contributed by atoms with Crippen molar-refractivity contribution in [1.82, 2.24) is 5.32 Å². The van der Waals surface area contributed by atoms with Crippen molar-refractivity contribution in [1.29, 1.82) is 0 Å². The summed E-state index contributed by atoms with van der Waals surface area (Å²) in [6.07, 6.45) is 3.96. The van der Waals surface area contributed by atoms with Crippen molar-refractivity contribution >= 4 is 11.8 Å². The first kappa shape index (κ1) is 15.7. The zero-order valence-corrected chi connectivity index (χ0v) is 13.9. The highest BCUT2D eigenvalue weighted by molar-refractivity contribution is 8.00. The van der Waals surface area contributed by atoms with Crippen molar-refractivity contribution in [3.8, 4) is 5.75 Å². The number of ether oxygens (including phenoxy) is 1. The molecule has 1 aliphatic rings. The molecule has 0 spiro atoms. The van der Waals surface area contributed by atoms with E-state index >= 15 is 0 Å². The van der Waals surface area contributed by atoms with Gasteiger partial charge in [-0.05, 0) is 49.1 Å². The van der Waals surface area contributed by atoms with Gasteiger partial charge in [0.2, 0.25) is 0 Å². The van der Waals surface area contributed by atoms with Gasteiger partial charge in [-0.2, -0.15) is 0 Å². The van der Waals surface area contributed by atoms with Gasteiger partial charge in [-0.25, -0.2) is 0 Å². The summed E-state index contributed by atoms with van der Waals surface area (Å²) in [5.74, 6) is 0.932. The fourth-order valence-corrected chi connectivity index (χ4v) is 4.70. The van der Waals surface area contributed by atoms with E-state index in [2.05, 4.69) is 50.4 Å². The van der Waals surface area contributed by atoms with E-state index in [1.54, 1.807) is 7.11 Å². The Labute approximate surface area is 127 Å². The Hall–Kier alpha value is -0.670. The van der Waals surface area contributed by atoms with Crippen LogP contribution in [0.4, 0.5) is 0 Å². The third kappa shape index (κ3) is 3.70. The summed E-state index contributed by atoms with van der Waals surface area (Å²) in [7, 11) is 1.72. The lowest BCUT2D eigenvalue weighted by molar-refractivity contribution is 0.176. The van der Waals surface area contributed by atoms with E-state index in [0.717, 1.165) is 12.3 Å². The predicted molar refractivity (Wildman–Crippen MR) is 87.7 cm³/mol. The molecule has 0 bridgehead atoms. The second-order valence-corrected chi connectivity index (χ2v) is 7.56. The maximum absolute atomic E-state index is 5.23. The van der Waals surface area contributed by atoms with Crippen LogP contribution < -0.4 is 10.1 Å². The van der Waals surface area contributed by atoms with Gasteiger partial charge in [0, 0.05) is 16.2 Å². The average Bonchev–Trinajstić information content (AvgIpc) is 2.43. The molecule has 2 unspecified atom stereocenters. The van der Waals surface area contributed by atoms with Crippen molar-refractivity contribution in [3.05, 3.63) is 24.3 Å². The summed E-state index contributed by atoms with van der Waals surface area (Å²) in [5.41, 5.74) is 0.387. The van der Waals surface area contributed by atoms with Crippen LogP contribution in [-0.2, 0) is 0 Å². The van der Waals surface area contributed by atoms with Gasteiger partial charge in [0.15, 0.2) is 0 Å². The predicted octanol–water partition coefficient (Wildman–Crippen LogP) is 4.34. The normalized spacial score (nSPS) is 25.4. The maximum Gasteiger partial charge on any atom is 0.118 e. The Morgan fingerprint density at radius 2 is 2.00 bits per heavy atom. The van der Waals surface area contributed by atoms with Gasteiger partial charge >= 0.3 is 0 Å². The summed E-state index contributed by atoms with van der Waals surface area (Å²) >= 11 is 2.02. The molecule has 1 aromatic carbocycles. The number of hydrogen-bond donors (Lipinski definition) is 1. The highest BCUT2D eigenvalue weighted by atomic mass is 32.2. The number of benzene rings is 1. The van der Waals surface area contributed by atoms with Gasteiger partial charge < -0.3 is 10.1 Å². The van der Waals surface area contributed by atoms with Crippen LogP contribution >= 0.6 is 11.8 Å². The van der Waals surface area contributed by atoms with E-state index < -0.39 is 0 Å². The smallest absolute Gasteiger partial charge is 0.118 e. The van der Waals surface area contributed by atoms with Crippen LogP contribution in [-0.4, -0.2) is 24.9 Å². The molecule has 1 aromatic rings. The van der Waals surface area contributed by atoms with Crippen LogP contribution in [0.2, 0.25) is 0 Å². The molecule has 20 heavy (non-hydrogen) atoms. The third-order valence-electron chi connectivity index (χ3n) is 4.29. The third-order valence-corrected chi connectivity index (χ3v) is 5.65. The van der Waals surface area contributed by atoms with Crippen LogP contribution in [0, 0.1) is 5.41 Å². The molecular formula is C17H27NOS. The fourth-order valence-electron chi connectivity index (χ4n) is 3.17. The highest BCUT2D eigenvalue weighted by Gasteiger charge is 2.38. The minimum absolute atomic E-state index is 0.387. The lowest BCUT2D eigenvalue weighted by Crippen LogP contribution is -2.51. The van der Waals surface area contributed by atoms with E-state index in [4.69, 9.17) is 4.74 Å². The SMILES string of the molecule is CCNC1C(Sc2ccc(OC)cc2)CCCC1(C)C. The molecule has 0 radical (unpaired) electrons. The number of hydrogen-bond acceptors (Lipinski definition) is 3.